The molecular weight excluding hydrogens is 304 g/mol. The van der Waals surface area contributed by atoms with Crippen molar-refractivity contribution in [3.63, 3.8) is 0 Å². The molecule has 0 aliphatic rings. The average Bonchev–Trinajstić information content (AvgIpc) is 1.81. The second kappa shape index (κ2) is 3.64. The second-order valence-corrected chi connectivity index (χ2v) is 4.47. The molecule has 1 unspecified atom stereocenters. The van der Waals surface area contributed by atoms with Crippen LogP contribution in [0.5, 0.6) is 0 Å². The molecule has 0 N–H and O–H groups in total. The van der Waals surface area contributed by atoms with Gasteiger partial charge in [-0.1, -0.05) is 34.8 Å². The molecule has 0 aliphatic heterocycles. The minimum atomic E-state index is -5.89. The van der Waals surface area contributed by atoms with Gasteiger partial charge in [-0.2, -0.15) is 22.0 Å². The van der Waals surface area contributed by atoms with Gasteiger partial charge in [0.1, 0.15) is 0 Å². The molecule has 0 bridgehead atoms. The van der Waals surface area contributed by atoms with Gasteiger partial charge in [0, 0.05) is 0 Å². The van der Waals surface area contributed by atoms with Crippen LogP contribution in [0.1, 0.15) is 0 Å². The highest BCUT2D eigenvalue weighted by atomic mass is 35.5. The Kier molecular flexibility index (Phi) is 3.84. The van der Waals surface area contributed by atoms with Gasteiger partial charge in [0.05, 0.1) is 0 Å². The van der Waals surface area contributed by atoms with Crippen molar-refractivity contribution in [3.05, 3.63) is 0 Å². The van der Waals surface area contributed by atoms with E-state index in [0.29, 0.717) is 0 Å². The van der Waals surface area contributed by atoms with Crippen molar-refractivity contribution in [3.8, 4) is 0 Å². The molecule has 0 aromatic carbocycles. The lowest BCUT2D eigenvalue weighted by Gasteiger charge is -2.34. The van der Waals surface area contributed by atoms with Gasteiger partial charge < -0.3 is 0 Å². The van der Waals surface area contributed by atoms with Crippen molar-refractivity contribution in [1.29, 1.82) is 0 Å². The normalized spacial score (nSPS) is 19.3. The third-order valence-corrected chi connectivity index (χ3v) is 3.27. The first-order valence-electron chi connectivity index (χ1n) is 2.64. The number of alkyl halides is 10. The van der Waals surface area contributed by atoms with E-state index in [9.17, 15) is 26.3 Å². The molecule has 0 aromatic heterocycles. The molecule has 1 atom stereocenters. The predicted molar refractivity (Wildman–Crippen MR) is 41.0 cm³/mol. The molecule has 0 aromatic rings. The molecule has 0 saturated carbocycles. The monoisotopic (exact) mass is 302 g/mol. The molecule has 0 aliphatic carbocycles. The number of hydrogen-bond donors (Lipinski definition) is 0. The van der Waals surface area contributed by atoms with Crippen LogP contribution in [0.2, 0.25) is 0 Å². The Morgan fingerprint density at radius 1 is 0.643 bits per heavy atom. The maximum absolute atomic E-state index is 12.7. The SMILES string of the molecule is FC(F)(F)C(F)(Cl)C(Cl)(Cl)C(F)(F)Cl. The topological polar surface area (TPSA) is 0 Å². The van der Waals surface area contributed by atoms with Gasteiger partial charge in [-0.3, -0.25) is 0 Å². The minimum absolute atomic E-state index is 4.09. The second-order valence-electron chi connectivity index (χ2n) is 2.14. The van der Waals surface area contributed by atoms with Crippen LogP contribution in [-0.2, 0) is 0 Å². The molecule has 86 valence electrons. The fourth-order valence-electron chi connectivity index (χ4n) is 0.356. The molecule has 0 nitrogen and oxygen atoms in total. The highest BCUT2D eigenvalue weighted by Gasteiger charge is 2.75. The van der Waals surface area contributed by atoms with E-state index in [2.05, 4.69) is 46.4 Å². The van der Waals surface area contributed by atoms with Gasteiger partial charge in [-0.15, -0.1) is 0 Å². The lowest BCUT2D eigenvalue weighted by Crippen LogP contribution is -2.56. The number of hydrogen-bond acceptors (Lipinski definition) is 0. The molecule has 0 saturated heterocycles. The Labute approximate surface area is 94.0 Å². The summed E-state index contributed by atoms with van der Waals surface area (Å²) in [6, 6.07) is 0. The van der Waals surface area contributed by atoms with E-state index in [1.54, 1.807) is 0 Å². The molecule has 10 heteroatoms. The van der Waals surface area contributed by atoms with E-state index >= 15 is 0 Å². The summed E-state index contributed by atoms with van der Waals surface area (Å²) in [6.07, 6.45) is -5.89. The number of halogens is 10. The van der Waals surface area contributed by atoms with Crippen molar-refractivity contribution in [1.82, 2.24) is 0 Å². The third-order valence-electron chi connectivity index (χ3n) is 1.11. The zero-order valence-corrected chi connectivity index (χ0v) is 8.80. The first-order chi connectivity index (χ1) is 5.75. The highest BCUT2D eigenvalue weighted by Crippen LogP contribution is 2.58. The summed E-state index contributed by atoms with van der Waals surface area (Å²) in [7, 11) is 0. The predicted octanol–water partition coefficient (Wildman–Crippen LogP) is 4.46. The van der Waals surface area contributed by atoms with E-state index in [0.717, 1.165) is 0 Å². The lowest BCUT2D eigenvalue weighted by molar-refractivity contribution is -0.213. The Hall–Kier alpha value is 0.740. The van der Waals surface area contributed by atoms with Crippen LogP contribution in [0.15, 0.2) is 0 Å². The van der Waals surface area contributed by atoms with Gasteiger partial charge in [-0.25, -0.2) is 4.39 Å². The van der Waals surface area contributed by atoms with Crippen LogP contribution in [0, 0.1) is 0 Å². The molecule has 0 fully saturated rings. The van der Waals surface area contributed by atoms with Gasteiger partial charge in [-0.05, 0) is 11.6 Å². The maximum Gasteiger partial charge on any atom is 0.440 e. The summed E-state index contributed by atoms with van der Waals surface area (Å²) in [5.74, 6) is 0. The minimum Gasteiger partial charge on any atom is -0.212 e. The Balaban J connectivity index is 5.30. The van der Waals surface area contributed by atoms with E-state index in [1.807, 2.05) is 0 Å². The Morgan fingerprint density at radius 2 is 0.929 bits per heavy atom. The largest absolute Gasteiger partial charge is 0.440 e. The molecule has 0 rings (SSSR count). The fraction of sp³-hybridized carbons (Fsp3) is 1.00. The van der Waals surface area contributed by atoms with Gasteiger partial charge in [0.15, 0.2) is 0 Å². The summed E-state index contributed by atoms with van der Waals surface area (Å²) in [4.78, 5) is 0. The van der Waals surface area contributed by atoms with E-state index in [4.69, 9.17) is 0 Å². The van der Waals surface area contributed by atoms with Crippen molar-refractivity contribution in [2.75, 3.05) is 0 Å². The van der Waals surface area contributed by atoms with Crippen LogP contribution in [0.4, 0.5) is 26.3 Å². The average molecular weight is 304 g/mol. The quantitative estimate of drug-likeness (QED) is 0.522. The number of rotatable bonds is 2. The summed E-state index contributed by atoms with van der Waals surface area (Å²) < 4.78 is 68.1. The van der Waals surface area contributed by atoms with Crippen LogP contribution in [0.25, 0.3) is 0 Å². The van der Waals surface area contributed by atoms with Crippen LogP contribution >= 0.6 is 46.4 Å². The standard InChI is InChI=1S/C4Cl4F6/c5-1(6,3(8,10)11)2(7,9)4(12,13)14. The molecule has 0 amide bonds. The first kappa shape index (κ1) is 14.7. The van der Waals surface area contributed by atoms with Crippen molar-refractivity contribution < 1.29 is 26.3 Å². The zero-order valence-electron chi connectivity index (χ0n) is 5.78. The Morgan fingerprint density at radius 3 is 1.00 bits per heavy atom. The lowest BCUT2D eigenvalue weighted by atomic mass is 10.2. The molecule has 14 heavy (non-hydrogen) atoms. The van der Waals surface area contributed by atoms with Crippen LogP contribution in [0.3, 0.4) is 0 Å². The molecule has 0 spiro atoms. The van der Waals surface area contributed by atoms with E-state index < -0.39 is 21.0 Å². The smallest absolute Gasteiger partial charge is 0.212 e. The van der Waals surface area contributed by atoms with Crippen molar-refractivity contribution in [2.24, 2.45) is 0 Å². The fourth-order valence-corrected chi connectivity index (χ4v) is 0.868. The molecular formula is C4Cl4F6. The summed E-state index contributed by atoms with van der Waals surface area (Å²) in [5.41, 5.74) is 0. The van der Waals surface area contributed by atoms with Crippen molar-refractivity contribution in [2.45, 2.75) is 21.0 Å². The van der Waals surface area contributed by atoms with Gasteiger partial charge in [0.25, 0.3) is 4.33 Å². The first-order valence-corrected chi connectivity index (χ1v) is 4.15. The summed E-state index contributed by atoms with van der Waals surface area (Å²) in [5, 5.41) is -9.95. The van der Waals surface area contributed by atoms with Gasteiger partial charge >= 0.3 is 16.7 Å². The maximum atomic E-state index is 12.7. The van der Waals surface area contributed by atoms with Crippen LogP contribution in [-0.4, -0.2) is 21.0 Å². The zero-order chi connectivity index (χ0) is 12.0. The summed E-state index contributed by atoms with van der Waals surface area (Å²) >= 11 is 17.2. The highest BCUT2D eigenvalue weighted by molar-refractivity contribution is 6.57. The third kappa shape index (κ3) is 2.28. The molecule has 0 heterocycles. The van der Waals surface area contributed by atoms with Crippen LogP contribution < -0.4 is 0 Å². The van der Waals surface area contributed by atoms with E-state index in [-0.39, 0.29) is 0 Å². The summed E-state index contributed by atoms with van der Waals surface area (Å²) in [6.45, 7) is 0. The van der Waals surface area contributed by atoms with E-state index in [1.165, 1.54) is 0 Å². The van der Waals surface area contributed by atoms with Gasteiger partial charge in [0.2, 0.25) is 0 Å². The van der Waals surface area contributed by atoms with Crippen molar-refractivity contribution >= 4 is 46.4 Å². The molecule has 0 radical (unpaired) electrons. The Bertz CT molecular complexity index is 191.